The van der Waals surface area contributed by atoms with Gasteiger partial charge in [0.2, 0.25) is 0 Å². The van der Waals surface area contributed by atoms with Gasteiger partial charge in [-0.25, -0.2) is 4.79 Å². The summed E-state index contributed by atoms with van der Waals surface area (Å²) in [6, 6.07) is 7.07. The van der Waals surface area contributed by atoms with Crippen molar-refractivity contribution in [2.75, 3.05) is 19.0 Å². The zero-order valence-corrected chi connectivity index (χ0v) is 11.8. The third-order valence-electron chi connectivity index (χ3n) is 2.88. The van der Waals surface area contributed by atoms with E-state index >= 15 is 0 Å². The highest BCUT2D eigenvalue weighted by Gasteiger charge is 2.21. The number of carbonyl (C=O) groups is 1. The van der Waals surface area contributed by atoms with E-state index in [0.717, 1.165) is 5.69 Å². The Morgan fingerprint density at radius 2 is 1.95 bits per heavy atom. The predicted molar refractivity (Wildman–Crippen MR) is 73.3 cm³/mol. The van der Waals surface area contributed by atoms with Crippen molar-refractivity contribution in [2.24, 2.45) is 0 Å². The molecule has 5 nitrogen and oxygen atoms in total. The summed E-state index contributed by atoms with van der Waals surface area (Å²) < 4.78 is 9.72. The molecule has 0 fully saturated rings. The van der Waals surface area contributed by atoms with Crippen molar-refractivity contribution in [1.82, 2.24) is 0 Å². The Morgan fingerprint density at radius 3 is 2.42 bits per heavy atom. The highest BCUT2D eigenvalue weighted by molar-refractivity contribution is 5.70. The Labute approximate surface area is 113 Å². The van der Waals surface area contributed by atoms with Gasteiger partial charge >= 0.3 is 5.97 Å². The maximum Gasteiger partial charge on any atom is 0.343 e. The predicted octanol–water partition coefficient (Wildman–Crippen LogP) is 1.81. The molecule has 1 rings (SSSR count). The van der Waals surface area contributed by atoms with Crippen LogP contribution in [0.2, 0.25) is 0 Å². The van der Waals surface area contributed by atoms with E-state index in [1.807, 2.05) is 19.1 Å². The van der Waals surface area contributed by atoms with Gasteiger partial charge in [0.25, 0.3) is 0 Å². The molecular formula is C14H21NO4. The standard InChI is InChI=1S/C14H21NO4/c1-10(14(2,3)17)15-11-5-7-12(8-6-11)19-9-13(16)18-4/h5-8,10,15,17H,9H2,1-4H3. The monoisotopic (exact) mass is 267 g/mol. The van der Waals surface area contributed by atoms with E-state index in [9.17, 15) is 9.90 Å². The molecule has 2 N–H and O–H groups in total. The second kappa shape index (κ2) is 6.43. The summed E-state index contributed by atoms with van der Waals surface area (Å²) in [6.07, 6.45) is 0. The lowest BCUT2D eigenvalue weighted by Gasteiger charge is -2.27. The van der Waals surface area contributed by atoms with Crippen molar-refractivity contribution in [3.63, 3.8) is 0 Å². The molecule has 1 aromatic carbocycles. The minimum absolute atomic E-state index is 0.0886. The van der Waals surface area contributed by atoms with Crippen molar-refractivity contribution in [2.45, 2.75) is 32.4 Å². The van der Waals surface area contributed by atoms with Crippen LogP contribution in [-0.4, -0.2) is 36.4 Å². The summed E-state index contributed by atoms with van der Waals surface area (Å²) in [4.78, 5) is 10.9. The molecule has 0 saturated carbocycles. The summed E-state index contributed by atoms with van der Waals surface area (Å²) in [5.41, 5.74) is 0.0695. The number of esters is 1. The SMILES string of the molecule is COC(=O)COc1ccc(NC(C)C(C)(C)O)cc1. The number of nitrogens with one attached hydrogen (secondary N) is 1. The van der Waals surface area contributed by atoms with Gasteiger partial charge in [-0.3, -0.25) is 0 Å². The first kappa shape index (κ1) is 15.3. The molecule has 5 heteroatoms. The van der Waals surface area contributed by atoms with Crippen LogP contribution in [0.25, 0.3) is 0 Å². The summed E-state index contributed by atoms with van der Waals surface area (Å²) >= 11 is 0. The topological polar surface area (TPSA) is 67.8 Å². The molecule has 0 heterocycles. The Bertz CT molecular complexity index is 408. The van der Waals surface area contributed by atoms with E-state index in [1.165, 1.54) is 7.11 Å². The van der Waals surface area contributed by atoms with Crippen molar-refractivity contribution in [1.29, 1.82) is 0 Å². The van der Waals surface area contributed by atoms with Crippen LogP contribution in [0.5, 0.6) is 5.75 Å². The van der Waals surface area contributed by atoms with Crippen LogP contribution in [0, 0.1) is 0 Å². The average molecular weight is 267 g/mol. The first-order chi connectivity index (χ1) is 8.82. The zero-order valence-electron chi connectivity index (χ0n) is 11.8. The minimum atomic E-state index is -0.806. The first-order valence-electron chi connectivity index (χ1n) is 6.11. The molecule has 1 unspecified atom stereocenters. The number of hydrogen-bond acceptors (Lipinski definition) is 5. The molecule has 0 aliphatic carbocycles. The van der Waals surface area contributed by atoms with Crippen LogP contribution in [0.1, 0.15) is 20.8 Å². The van der Waals surface area contributed by atoms with Gasteiger partial charge in [-0.05, 0) is 45.0 Å². The van der Waals surface area contributed by atoms with Gasteiger partial charge in [0.05, 0.1) is 18.8 Å². The fraction of sp³-hybridized carbons (Fsp3) is 0.500. The Kier molecular flexibility index (Phi) is 5.18. The maximum absolute atomic E-state index is 10.9. The van der Waals surface area contributed by atoms with Crippen molar-refractivity contribution in [3.8, 4) is 5.75 Å². The Hall–Kier alpha value is -1.75. The largest absolute Gasteiger partial charge is 0.482 e. The van der Waals surface area contributed by atoms with Gasteiger partial charge < -0.3 is 19.9 Å². The van der Waals surface area contributed by atoms with Crippen LogP contribution >= 0.6 is 0 Å². The molecule has 0 bridgehead atoms. The molecule has 0 saturated heterocycles. The number of ether oxygens (including phenoxy) is 2. The molecule has 0 aliphatic rings. The minimum Gasteiger partial charge on any atom is -0.482 e. The third-order valence-corrected chi connectivity index (χ3v) is 2.88. The smallest absolute Gasteiger partial charge is 0.343 e. The van der Waals surface area contributed by atoms with E-state index in [1.54, 1.807) is 26.0 Å². The summed E-state index contributed by atoms with van der Waals surface area (Å²) in [5, 5.41) is 13.0. The van der Waals surface area contributed by atoms with E-state index in [2.05, 4.69) is 10.1 Å². The van der Waals surface area contributed by atoms with E-state index in [0.29, 0.717) is 5.75 Å². The number of aliphatic hydroxyl groups is 1. The van der Waals surface area contributed by atoms with Crippen LogP contribution in [0.15, 0.2) is 24.3 Å². The molecule has 1 atom stereocenters. The van der Waals surface area contributed by atoms with Gasteiger partial charge in [-0.1, -0.05) is 0 Å². The summed E-state index contributed by atoms with van der Waals surface area (Å²) in [6.45, 7) is 5.29. The number of anilines is 1. The fourth-order valence-corrected chi connectivity index (χ4v) is 1.28. The van der Waals surface area contributed by atoms with Crippen LogP contribution in [0.3, 0.4) is 0 Å². The van der Waals surface area contributed by atoms with Gasteiger partial charge in [-0.2, -0.15) is 0 Å². The fourth-order valence-electron chi connectivity index (χ4n) is 1.28. The lowest BCUT2D eigenvalue weighted by Crippen LogP contribution is -2.39. The van der Waals surface area contributed by atoms with Gasteiger partial charge in [0.1, 0.15) is 5.75 Å². The molecule has 1 aromatic rings. The van der Waals surface area contributed by atoms with Gasteiger partial charge in [0.15, 0.2) is 6.61 Å². The van der Waals surface area contributed by atoms with E-state index < -0.39 is 11.6 Å². The second-order valence-electron chi connectivity index (χ2n) is 4.91. The lowest BCUT2D eigenvalue weighted by atomic mass is 10.0. The number of carbonyl (C=O) groups excluding carboxylic acids is 1. The van der Waals surface area contributed by atoms with Crippen molar-refractivity contribution < 1.29 is 19.4 Å². The summed E-state index contributed by atoms with van der Waals surface area (Å²) in [5.74, 6) is 0.171. The van der Waals surface area contributed by atoms with Crippen LogP contribution in [-0.2, 0) is 9.53 Å². The van der Waals surface area contributed by atoms with Crippen molar-refractivity contribution in [3.05, 3.63) is 24.3 Å². The molecule has 0 aromatic heterocycles. The van der Waals surface area contributed by atoms with Crippen LogP contribution in [0.4, 0.5) is 5.69 Å². The molecule has 0 spiro atoms. The highest BCUT2D eigenvalue weighted by atomic mass is 16.6. The Balaban J connectivity index is 2.54. The lowest BCUT2D eigenvalue weighted by molar-refractivity contribution is -0.142. The molecule has 0 aliphatic heterocycles. The molecule has 0 amide bonds. The molecular weight excluding hydrogens is 246 g/mol. The van der Waals surface area contributed by atoms with E-state index in [-0.39, 0.29) is 12.6 Å². The van der Waals surface area contributed by atoms with Crippen molar-refractivity contribution >= 4 is 11.7 Å². The maximum atomic E-state index is 10.9. The normalized spacial score (nSPS) is 12.7. The zero-order chi connectivity index (χ0) is 14.5. The van der Waals surface area contributed by atoms with Crippen LogP contribution < -0.4 is 10.1 Å². The van der Waals surface area contributed by atoms with E-state index in [4.69, 9.17) is 4.74 Å². The molecule has 19 heavy (non-hydrogen) atoms. The van der Waals surface area contributed by atoms with Gasteiger partial charge in [-0.15, -0.1) is 0 Å². The quantitative estimate of drug-likeness (QED) is 0.769. The average Bonchev–Trinajstić information content (AvgIpc) is 2.36. The number of benzene rings is 1. The van der Waals surface area contributed by atoms with Gasteiger partial charge in [0, 0.05) is 5.69 Å². The molecule has 106 valence electrons. The Morgan fingerprint density at radius 1 is 1.37 bits per heavy atom. The number of rotatable bonds is 6. The highest BCUT2D eigenvalue weighted by Crippen LogP contribution is 2.19. The number of hydrogen-bond donors (Lipinski definition) is 2. The summed E-state index contributed by atoms with van der Waals surface area (Å²) in [7, 11) is 1.32. The number of methoxy groups -OCH3 is 1. The molecule has 0 radical (unpaired) electrons. The third kappa shape index (κ3) is 5.18. The second-order valence-corrected chi connectivity index (χ2v) is 4.91. The first-order valence-corrected chi connectivity index (χ1v) is 6.11.